The van der Waals surface area contributed by atoms with E-state index >= 15 is 0 Å². The fourth-order valence-electron chi connectivity index (χ4n) is 1.87. The molecule has 1 amide bonds. The summed E-state index contributed by atoms with van der Waals surface area (Å²) in [5.74, 6) is -0.793. The van der Waals surface area contributed by atoms with Crippen LogP contribution >= 0.6 is 0 Å². The van der Waals surface area contributed by atoms with Gasteiger partial charge in [-0.05, 0) is 24.6 Å². The van der Waals surface area contributed by atoms with E-state index in [4.69, 9.17) is 5.73 Å². The molecule has 0 aliphatic carbocycles. The Morgan fingerprint density at radius 2 is 1.95 bits per heavy atom. The number of anilines is 2. The molecule has 2 rings (SSSR count). The maximum atomic E-state index is 13.5. The lowest BCUT2D eigenvalue weighted by Crippen LogP contribution is -2.14. The Morgan fingerprint density at radius 1 is 1.24 bits per heavy atom. The van der Waals surface area contributed by atoms with Gasteiger partial charge in [-0.3, -0.25) is 9.59 Å². The largest absolute Gasteiger partial charge is 0.399 e. The number of hydrogen-bond acceptors (Lipinski definition) is 3. The minimum atomic E-state index is -0.516. The Balaban J connectivity index is 1.83. The predicted molar refractivity (Wildman–Crippen MR) is 79.4 cm³/mol. The summed E-state index contributed by atoms with van der Waals surface area (Å²) >= 11 is 0. The van der Waals surface area contributed by atoms with E-state index in [0.29, 0.717) is 18.7 Å². The van der Waals surface area contributed by atoms with Crippen molar-refractivity contribution in [2.24, 2.45) is 0 Å². The molecule has 0 radical (unpaired) electrons. The van der Waals surface area contributed by atoms with E-state index < -0.39 is 5.82 Å². The van der Waals surface area contributed by atoms with Gasteiger partial charge in [0, 0.05) is 43.2 Å². The summed E-state index contributed by atoms with van der Waals surface area (Å²) in [5, 5.41) is 2.49. The van der Waals surface area contributed by atoms with Gasteiger partial charge in [0.1, 0.15) is 5.82 Å². The second kappa shape index (κ2) is 6.69. The highest BCUT2D eigenvalue weighted by Gasteiger charge is 2.07. The van der Waals surface area contributed by atoms with Crippen LogP contribution in [0.1, 0.15) is 12.8 Å². The molecule has 0 saturated heterocycles. The molecule has 0 saturated carbocycles. The minimum absolute atomic E-state index is 0.0545. The van der Waals surface area contributed by atoms with Crippen LogP contribution in [0, 0.1) is 5.82 Å². The number of benzene rings is 1. The van der Waals surface area contributed by atoms with Gasteiger partial charge >= 0.3 is 0 Å². The van der Waals surface area contributed by atoms with Crippen molar-refractivity contribution in [3.8, 4) is 0 Å². The minimum Gasteiger partial charge on any atom is -0.399 e. The Bertz CT molecular complexity index is 677. The lowest BCUT2D eigenvalue weighted by Gasteiger charge is -2.08. The highest BCUT2D eigenvalue weighted by atomic mass is 19.1. The number of hydrogen-bond donors (Lipinski definition) is 2. The zero-order chi connectivity index (χ0) is 15.2. The number of rotatable bonds is 5. The van der Waals surface area contributed by atoms with Crippen LogP contribution < -0.4 is 16.5 Å². The van der Waals surface area contributed by atoms with E-state index in [1.807, 2.05) is 4.57 Å². The van der Waals surface area contributed by atoms with Crippen LogP contribution in [-0.4, -0.2) is 10.5 Å². The third kappa shape index (κ3) is 4.45. The molecule has 110 valence electrons. The monoisotopic (exact) mass is 289 g/mol. The van der Waals surface area contributed by atoms with Crippen molar-refractivity contribution in [2.75, 3.05) is 11.1 Å². The first-order valence-electron chi connectivity index (χ1n) is 6.55. The summed E-state index contributed by atoms with van der Waals surface area (Å²) in [6.45, 7) is 0.604. The molecular formula is C15H16FN3O2. The van der Waals surface area contributed by atoms with Gasteiger partial charge in [0.05, 0.1) is 5.69 Å². The molecule has 0 aliphatic heterocycles. The number of amides is 1. The maximum absolute atomic E-state index is 13.5. The zero-order valence-electron chi connectivity index (χ0n) is 11.4. The van der Waals surface area contributed by atoms with Crippen LogP contribution in [0.25, 0.3) is 0 Å². The summed E-state index contributed by atoms with van der Waals surface area (Å²) in [6.07, 6.45) is 4.16. The predicted octanol–water partition coefficient (Wildman–Crippen LogP) is 1.99. The first-order chi connectivity index (χ1) is 10.0. The van der Waals surface area contributed by atoms with Gasteiger partial charge < -0.3 is 15.6 Å². The van der Waals surface area contributed by atoms with E-state index in [1.54, 1.807) is 12.4 Å². The number of nitrogens with two attached hydrogens (primary N) is 1. The van der Waals surface area contributed by atoms with Crippen molar-refractivity contribution in [3.05, 3.63) is 58.8 Å². The molecule has 0 fully saturated rings. The number of pyridine rings is 1. The molecule has 1 heterocycles. The van der Waals surface area contributed by atoms with Crippen molar-refractivity contribution in [3.63, 3.8) is 0 Å². The average molecular weight is 289 g/mol. The summed E-state index contributed by atoms with van der Waals surface area (Å²) in [5.41, 5.74) is 5.97. The highest BCUT2D eigenvalue weighted by molar-refractivity contribution is 5.91. The third-order valence-electron chi connectivity index (χ3n) is 2.95. The van der Waals surface area contributed by atoms with Crippen molar-refractivity contribution < 1.29 is 9.18 Å². The Labute approximate surface area is 121 Å². The number of aromatic nitrogens is 1. The van der Waals surface area contributed by atoms with Gasteiger partial charge in [0.2, 0.25) is 5.91 Å². The molecule has 3 N–H and O–H groups in total. The lowest BCUT2D eigenvalue weighted by molar-refractivity contribution is -0.116. The SMILES string of the molecule is Nc1ccc(F)c(NC(=O)CCCn2ccc(=O)cc2)c1. The Morgan fingerprint density at radius 3 is 2.67 bits per heavy atom. The molecule has 21 heavy (non-hydrogen) atoms. The van der Waals surface area contributed by atoms with Crippen molar-refractivity contribution in [2.45, 2.75) is 19.4 Å². The quantitative estimate of drug-likeness (QED) is 0.826. The van der Waals surface area contributed by atoms with E-state index in [9.17, 15) is 14.0 Å². The molecule has 0 bridgehead atoms. The van der Waals surface area contributed by atoms with Crippen molar-refractivity contribution in [1.82, 2.24) is 4.57 Å². The number of halogens is 1. The normalized spacial score (nSPS) is 10.3. The fourth-order valence-corrected chi connectivity index (χ4v) is 1.87. The number of carbonyl (C=O) groups excluding carboxylic acids is 1. The zero-order valence-corrected chi connectivity index (χ0v) is 11.4. The lowest BCUT2D eigenvalue weighted by atomic mass is 10.2. The fraction of sp³-hybridized carbons (Fsp3) is 0.200. The van der Waals surface area contributed by atoms with Crippen LogP contribution in [0.2, 0.25) is 0 Å². The van der Waals surface area contributed by atoms with Crippen LogP contribution in [0.4, 0.5) is 15.8 Å². The third-order valence-corrected chi connectivity index (χ3v) is 2.95. The molecular weight excluding hydrogens is 273 g/mol. The van der Waals surface area contributed by atoms with Crippen LogP contribution in [0.5, 0.6) is 0 Å². The van der Waals surface area contributed by atoms with E-state index in [-0.39, 0.29) is 23.4 Å². The topological polar surface area (TPSA) is 77.1 Å². The van der Waals surface area contributed by atoms with Gasteiger partial charge in [-0.15, -0.1) is 0 Å². The summed E-state index contributed by atoms with van der Waals surface area (Å²) < 4.78 is 15.3. The first kappa shape index (κ1) is 14.8. The average Bonchev–Trinajstić information content (AvgIpc) is 2.45. The number of aryl methyl sites for hydroxylation is 1. The smallest absolute Gasteiger partial charge is 0.224 e. The molecule has 0 spiro atoms. The molecule has 5 nitrogen and oxygen atoms in total. The van der Waals surface area contributed by atoms with E-state index in [0.717, 1.165) is 0 Å². The van der Waals surface area contributed by atoms with Crippen LogP contribution in [-0.2, 0) is 11.3 Å². The summed E-state index contributed by atoms with van der Waals surface area (Å²) in [7, 11) is 0. The van der Waals surface area contributed by atoms with E-state index in [2.05, 4.69) is 5.32 Å². The Hall–Kier alpha value is -2.63. The van der Waals surface area contributed by atoms with Crippen LogP contribution in [0.3, 0.4) is 0 Å². The molecule has 0 atom stereocenters. The van der Waals surface area contributed by atoms with E-state index in [1.165, 1.54) is 30.3 Å². The van der Waals surface area contributed by atoms with Gasteiger partial charge in [0.25, 0.3) is 0 Å². The first-order valence-corrected chi connectivity index (χ1v) is 6.55. The molecule has 2 aromatic rings. The van der Waals surface area contributed by atoms with Crippen LogP contribution in [0.15, 0.2) is 47.5 Å². The summed E-state index contributed by atoms with van der Waals surface area (Å²) in [6, 6.07) is 6.95. The molecule has 6 heteroatoms. The number of nitrogens with one attached hydrogen (secondary N) is 1. The second-order valence-electron chi connectivity index (χ2n) is 4.66. The standard InChI is InChI=1S/C15H16FN3O2/c16-13-4-3-11(17)10-14(13)18-15(21)2-1-7-19-8-5-12(20)6-9-19/h3-6,8-10H,1-2,7,17H2,(H,18,21). The van der Waals surface area contributed by atoms with Gasteiger partial charge in [-0.2, -0.15) is 0 Å². The molecule has 1 aromatic carbocycles. The van der Waals surface area contributed by atoms with Gasteiger partial charge in [0.15, 0.2) is 5.43 Å². The second-order valence-corrected chi connectivity index (χ2v) is 4.66. The highest BCUT2D eigenvalue weighted by Crippen LogP contribution is 2.17. The maximum Gasteiger partial charge on any atom is 0.224 e. The molecule has 0 unspecified atom stereocenters. The van der Waals surface area contributed by atoms with Crippen molar-refractivity contribution in [1.29, 1.82) is 0 Å². The number of nitrogen functional groups attached to an aromatic ring is 1. The van der Waals surface area contributed by atoms with Gasteiger partial charge in [-0.25, -0.2) is 4.39 Å². The van der Waals surface area contributed by atoms with Crippen molar-refractivity contribution >= 4 is 17.3 Å². The Kier molecular flexibility index (Phi) is 4.71. The molecule has 0 aliphatic rings. The number of nitrogens with zero attached hydrogens (tertiary/aromatic N) is 1. The summed E-state index contributed by atoms with van der Waals surface area (Å²) in [4.78, 5) is 22.7. The van der Waals surface area contributed by atoms with Gasteiger partial charge in [-0.1, -0.05) is 0 Å². The number of carbonyl (C=O) groups is 1. The molecule has 1 aromatic heterocycles.